The largest absolute Gasteiger partial charge is 0.508 e. The maximum atomic E-state index is 13.3. The highest BCUT2D eigenvalue weighted by Crippen LogP contribution is 2.49. The normalized spacial score (nSPS) is 22.3. The zero-order chi connectivity index (χ0) is 29.2. The second-order valence-electron chi connectivity index (χ2n) is 10.9. The van der Waals surface area contributed by atoms with Gasteiger partial charge in [-0.15, -0.1) is 0 Å². The number of hydrogen-bond donors (Lipinski definition) is 2. The number of amides is 2. The number of fused-ring (bicyclic) bond motifs is 2. The van der Waals surface area contributed by atoms with Crippen molar-refractivity contribution in [1.29, 1.82) is 0 Å². The lowest BCUT2D eigenvalue weighted by molar-refractivity contribution is -0.124. The molecule has 2 aliphatic carbocycles. The van der Waals surface area contributed by atoms with Crippen LogP contribution in [-0.4, -0.2) is 52.4 Å². The van der Waals surface area contributed by atoms with Crippen LogP contribution in [0.1, 0.15) is 37.0 Å². The summed E-state index contributed by atoms with van der Waals surface area (Å²) in [5.41, 5.74) is 1.75. The van der Waals surface area contributed by atoms with Crippen molar-refractivity contribution >= 4 is 46.2 Å². The van der Waals surface area contributed by atoms with Gasteiger partial charge in [-0.3, -0.25) is 14.5 Å². The molecule has 218 valence electrons. The highest BCUT2D eigenvalue weighted by molar-refractivity contribution is 8.26. The zero-order valence-electron chi connectivity index (χ0n) is 23.2. The van der Waals surface area contributed by atoms with Gasteiger partial charge >= 0.3 is 0 Å². The third-order valence-electron chi connectivity index (χ3n) is 8.24. The first-order valence-electron chi connectivity index (χ1n) is 14.1. The van der Waals surface area contributed by atoms with Crippen LogP contribution >= 0.6 is 24.0 Å². The molecule has 1 aliphatic heterocycles. The van der Waals surface area contributed by atoms with E-state index in [1.165, 1.54) is 38.1 Å². The molecule has 0 radical (unpaired) electrons. The molecule has 1 aromatic heterocycles. The summed E-state index contributed by atoms with van der Waals surface area (Å²) in [6.45, 7) is 0.267. The highest BCUT2D eigenvalue weighted by Gasteiger charge is 2.48. The van der Waals surface area contributed by atoms with Crippen LogP contribution in [0.15, 0.2) is 63.9 Å². The van der Waals surface area contributed by atoms with Gasteiger partial charge in [0.1, 0.15) is 21.6 Å². The molecule has 2 saturated carbocycles. The number of methoxy groups -OCH3 is 1. The first-order valence-corrected chi connectivity index (χ1v) is 15.3. The molecule has 6 rings (SSSR count). The molecule has 2 bridgehead atoms. The Morgan fingerprint density at radius 1 is 1.14 bits per heavy atom. The fourth-order valence-corrected chi connectivity index (χ4v) is 7.51. The van der Waals surface area contributed by atoms with E-state index in [-0.39, 0.29) is 30.2 Å². The molecule has 2 aromatic carbocycles. The summed E-state index contributed by atoms with van der Waals surface area (Å²) >= 11 is 6.95. The van der Waals surface area contributed by atoms with E-state index in [1.54, 1.807) is 30.3 Å². The molecule has 8 nitrogen and oxygen atoms in total. The minimum absolute atomic E-state index is 0.0259. The minimum Gasteiger partial charge on any atom is -0.508 e. The fourth-order valence-electron chi connectivity index (χ4n) is 6.15. The molecule has 2 heterocycles. The van der Waals surface area contributed by atoms with Gasteiger partial charge in [-0.25, -0.2) is 0 Å². The third kappa shape index (κ3) is 6.05. The number of thiocarbonyl (C=S) groups is 1. The van der Waals surface area contributed by atoms with E-state index in [1.807, 2.05) is 35.2 Å². The molecule has 3 unspecified atom stereocenters. The van der Waals surface area contributed by atoms with Crippen molar-refractivity contribution in [3.05, 3.63) is 70.8 Å². The van der Waals surface area contributed by atoms with Crippen molar-refractivity contribution in [2.24, 2.45) is 11.8 Å². The molecule has 0 spiro atoms. The average molecular weight is 605 g/mol. The molecule has 1 saturated heterocycles. The van der Waals surface area contributed by atoms with E-state index in [0.29, 0.717) is 51.1 Å². The second kappa shape index (κ2) is 12.2. The summed E-state index contributed by atoms with van der Waals surface area (Å²) in [7, 11) is 1.54. The Morgan fingerprint density at radius 3 is 2.71 bits per heavy atom. The minimum atomic E-state index is -0.260. The van der Waals surface area contributed by atoms with Gasteiger partial charge in [0, 0.05) is 24.2 Å². The monoisotopic (exact) mass is 604 g/mol. The van der Waals surface area contributed by atoms with E-state index < -0.39 is 0 Å². The summed E-state index contributed by atoms with van der Waals surface area (Å²) in [5.74, 6) is 3.27. The smallest absolute Gasteiger partial charge is 0.266 e. The maximum Gasteiger partial charge on any atom is 0.266 e. The van der Waals surface area contributed by atoms with Crippen LogP contribution in [0, 0.1) is 11.8 Å². The summed E-state index contributed by atoms with van der Waals surface area (Å²) in [6, 6.07) is 16.1. The number of nitrogens with zero attached hydrogens (tertiary/aromatic N) is 1. The standard InChI is InChI=1S/C32H32N2O6S2/c1-38-27-10-6-22(16-28(27)39-18-30(36)33-13-12-19-3-7-23(35)8-4-19)26-11-9-24(40-26)17-29-31(37)34(32(41)42-29)25-15-20-2-5-21(25)14-20/h3-4,6-11,16-17,20-21,25,35H,2,5,12-15,18H2,1H3,(H,33,36). The summed E-state index contributed by atoms with van der Waals surface area (Å²) < 4.78 is 18.0. The Labute approximate surface area is 254 Å². The fraction of sp³-hybridized carbons (Fsp3) is 0.344. The Bertz CT molecular complexity index is 1530. The number of phenolic OH excluding ortho intramolecular Hbond substituents is 1. The van der Waals surface area contributed by atoms with Crippen molar-refractivity contribution in [3.63, 3.8) is 0 Å². The number of carbonyl (C=O) groups is 2. The molecule has 3 aromatic rings. The van der Waals surface area contributed by atoms with Crippen LogP contribution < -0.4 is 14.8 Å². The van der Waals surface area contributed by atoms with Crippen molar-refractivity contribution in [2.75, 3.05) is 20.3 Å². The zero-order valence-corrected chi connectivity index (χ0v) is 24.8. The van der Waals surface area contributed by atoms with E-state index in [0.717, 1.165) is 23.5 Å². The molecule has 3 fully saturated rings. The quantitative estimate of drug-likeness (QED) is 0.222. The van der Waals surface area contributed by atoms with E-state index >= 15 is 0 Å². The Kier molecular flexibility index (Phi) is 8.26. The van der Waals surface area contributed by atoms with Crippen LogP contribution in [0.5, 0.6) is 17.2 Å². The Morgan fingerprint density at radius 2 is 1.98 bits per heavy atom. The van der Waals surface area contributed by atoms with Crippen molar-refractivity contribution < 1.29 is 28.6 Å². The van der Waals surface area contributed by atoms with Gasteiger partial charge in [0.25, 0.3) is 11.8 Å². The first kappa shape index (κ1) is 28.4. The summed E-state index contributed by atoms with van der Waals surface area (Å²) in [6.07, 6.45) is 7.12. The predicted octanol–water partition coefficient (Wildman–Crippen LogP) is 5.79. The van der Waals surface area contributed by atoms with Crippen molar-refractivity contribution in [3.8, 4) is 28.6 Å². The van der Waals surface area contributed by atoms with Gasteiger partial charge in [0.05, 0.1) is 12.0 Å². The van der Waals surface area contributed by atoms with Gasteiger partial charge in [-0.2, -0.15) is 0 Å². The average Bonchev–Trinajstić information content (AvgIpc) is 3.79. The molecular formula is C32H32N2O6S2. The van der Waals surface area contributed by atoms with Crippen LogP contribution in [0.3, 0.4) is 0 Å². The predicted molar refractivity (Wildman–Crippen MR) is 165 cm³/mol. The van der Waals surface area contributed by atoms with E-state index in [9.17, 15) is 14.7 Å². The Balaban J connectivity index is 1.08. The summed E-state index contributed by atoms with van der Waals surface area (Å²) in [5, 5.41) is 12.2. The number of nitrogens with one attached hydrogen (secondary N) is 1. The number of benzene rings is 2. The summed E-state index contributed by atoms with van der Waals surface area (Å²) in [4.78, 5) is 28.1. The molecule has 42 heavy (non-hydrogen) atoms. The number of furan rings is 1. The number of ether oxygens (including phenoxy) is 2. The van der Waals surface area contributed by atoms with Gasteiger partial charge in [0.2, 0.25) is 0 Å². The number of hydrogen-bond acceptors (Lipinski definition) is 8. The number of phenols is 1. The molecule has 3 aliphatic rings. The molecule has 3 atom stereocenters. The topological polar surface area (TPSA) is 101 Å². The van der Waals surface area contributed by atoms with Gasteiger partial charge in [-0.1, -0.05) is 42.5 Å². The molecule has 2 N–H and O–H groups in total. The number of carbonyl (C=O) groups excluding carboxylic acids is 2. The van der Waals surface area contributed by atoms with Crippen molar-refractivity contribution in [1.82, 2.24) is 10.2 Å². The third-order valence-corrected chi connectivity index (χ3v) is 9.57. The maximum absolute atomic E-state index is 13.3. The second-order valence-corrected chi connectivity index (χ2v) is 12.6. The molecular weight excluding hydrogens is 572 g/mol. The lowest BCUT2D eigenvalue weighted by atomic mass is 9.94. The van der Waals surface area contributed by atoms with Crippen LogP contribution in [0.2, 0.25) is 0 Å². The van der Waals surface area contributed by atoms with E-state index in [4.69, 9.17) is 26.1 Å². The van der Waals surface area contributed by atoms with Crippen LogP contribution in [0.25, 0.3) is 17.4 Å². The lowest BCUT2D eigenvalue weighted by Crippen LogP contribution is -2.41. The first-order chi connectivity index (χ1) is 20.4. The van der Waals surface area contributed by atoms with Crippen LogP contribution in [0.4, 0.5) is 0 Å². The number of rotatable bonds is 10. The molecule has 10 heteroatoms. The van der Waals surface area contributed by atoms with E-state index in [2.05, 4.69) is 5.32 Å². The molecule has 2 amide bonds. The van der Waals surface area contributed by atoms with Gasteiger partial charge in [-0.05, 0) is 85.5 Å². The lowest BCUT2D eigenvalue weighted by Gasteiger charge is -2.30. The van der Waals surface area contributed by atoms with Crippen molar-refractivity contribution in [2.45, 2.75) is 38.1 Å². The SMILES string of the molecule is COc1ccc(-c2ccc(C=C3SC(=S)N(C4CC5CCC4C5)C3=O)o2)cc1OCC(=O)NCCc1ccc(O)cc1. The van der Waals surface area contributed by atoms with Crippen LogP contribution in [-0.2, 0) is 16.0 Å². The highest BCUT2D eigenvalue weighted by atomic mass is 32.2. The van der Waals surface area contributed by atoms with Gasteiger partial charge < -0.3 is 24.3 Å². The number of thioether (sulfide) groups is 1. The number of aromatic hydroxyl groups is 1. The van der Waals surface area contributed by atoms with Gasteiger partial charge in [0.15, 0.2) is 18.1 Å². The Hall–Kier alpha value is -3.76.